The summed E-state index contributed by atoms with van der Waals surface area (Å²) in [4.78, 5) is 12.3. The quantitative estimate of drug-likeness (QED) is 0.664. The van der Waals surface area contributed by atoms with E-state index in [-0.39, 0.29) is 11.5 Å². The fraction of sp³-hybridized carbons (Fsp3) is 0.364. The highest BCUT2D eigenvalue weighted by atomic mass is 79.9. The largest absolute Gasteiger partial charge is 0.480 e. The lowest BCUT2D eigenvalue weighted by atomic mass is 10.2. The van der Waals surface area contributed by atoms with Crippen LogP contribution in [0.25, 0.3) is 6.08 Å². The molecule has 0 aliphatic carbocycles. The van der Waals surface area contributed by atoms with Crippen molar-refractivity contribution in [3.8, 4) is 11.9 Å². The number of hydrogen-bond acceptors (Lipinski definition) is 5. The summed E-state index contributed by atoms with van der Waals surface area (Å²) in [6, 6.07) is 1.88. The lowest BCUT2D eigenvalue weighted by molar-refractivity contribution is -0.117. The summed E-state index contributed by atoms with van der Waals surface area (Å²) in [6.07, 6.45) is 2.32. The number of carbonyl (C=O) groups excluding carboxylic acids is 1. The van der Waals surface area contributed by atoms with E-state index in [1.54, 1.807) is 0 Å². The number of nitrogens with zero attached hydrogens (tertiary/aromatic N) is 2. The first-order valence-electron chi connectivity index (χ1n) is 5.23. The Morgan fingerprint density at radius 1 is 1.72 bits per heavy atom. The molecule has 5 nitrogen and oxygen atoms in total. The van der Waals surface area contributed by atoms with Crippen LogP contribution in [0.4, 0.5) is 0 Å². The summed E-state index contributed by atoms with van der Waals surface area (Å²) in [6.45, 7) is 2.49. The molecular weight excluding hydrogens is 318 g/mol. The van der Waals surface area contributed by atoms with E-state index in [1.165, 1.54) is 13.2 Å². The molecule has 1 aromatic heterocycles. The van der Waals surface area contributed by atoms with Gasteiger partial charge < -0.3 is 10.1 Å². The Bertz CT molecular complexity index is 505. The normalized spacial score (nSPS) is 10.9. The van der Waals surface area contributed by atoms with E-state index in [1.807, 2.05) is 13.0 Å². The lowest BCUT2D eigenvalue weighted by Crippen LogP contribution is -2.25. The molecule has 0 atom stereocenters. The van der Waals surface area contributed by atoms with Crippen molar-refractivity contribution in [2.75, 3.05) is 13.7 Å². The van der Waals surface area contributed by atoms with E-state index in [0.29, 0.717) is 21.8 Å². The molecule has 0 spiro atoms. The van der Waals surface area contributed by atoms with Gasteiger partial charge in [0.25, 0.3) is 5.91 Å². The van der Waals surface area contributed by atoms with Gasteiger partial charge in [-0.25, -0.2) is 0 Å². The topological polar surface area (TPSA) is 75.0 Å². The molecule has 0 saturated heterocycles. The van der Waals surface area contributed by atoms with E-state index in [2.05, 4.69) is 25.6 Å². The lowest BCUT2D eigenvalue weighted by Gasteiger charge is -2.00. The molecule has 1 heterocycles. The van der Waals surface area contributed by atoms with Gasteiger partial charge in [-0.3, -0.25) is 4.79 Å². The maximum absolute atomic E-state index is 11.7. The van der Waals surface area contributed by atoms with Crippen LogP contribution in [0, 0.1) is 11.3 Å². The van der Waals surface area contributed by atoms with E-state index < -0.39 is 0 Å². The molecule has 0 unspecified atom stereocenters. The molecule has 0 fully saturated rings. The average Bonchev–Trinajstić information content (AvgIpc) is 2.73. The van der Waals surface area contributed by atoms with Crippen LogP contribution in [-0.2, 0) is 4.79 Å². The third kappa shape index (κ3) is 3.55. The van der Waals surface area contributed by atoms with Gasteiger partial charge in [-0.05, 0) is 40.0 Å². The summed E-state index contributed by atoms with van der Waals surface area (Å²) >= 11 is 4.46. The maximum Gasteiger partial charge on any atom is 0.261 e. The molecule has 0 bridgehead atoms. The van der Waals surface area contributed by atoms with Crippen molar-refractivity contribution in [2.45, 2.75) is 13.3 Å². The second-order valence-corrected chi connectivity index (χ2v) is 4.89. The molecule has 1 rings (SSSR count). The van der Waals surface area contributed by atoms with Gasteiger partial charge in [0, 0.05) is 6.54 Å². The van der Waals surface area contributed by atoms with Crippen LogP contribution >= 0.6 is 27.5 Å². The van der Waals surface area contributed by atoms with Crippen LogP contribution in [-0.4, -0.2) is 23.9 Å². The monoisotopic (exact) mass is 329 g/mol. The van der Waals surface area contributed by atoms with E-state index in [4.69, 9.17) is 10.00 Å². The second kappa shape index (κ2) is 7.13. The van der Waals surface area contributed by atoms with Crippen LogP contribution in [0.1, 0.15) is 18.2 Å². The molecule has 7 heteroatoms. The van der Waals surface area contributed by atoms with Crippen LogP contribution in [0.15, 0.2) is 10.0 Å². The number of amides is 1. The highest BCUT2D eigenvalue weighted by Crippen LogP contribution is 2.32. The Morgan fingerprint density at radius 2 is 2.44 bits per heavy atom. The standard InChI is InChI=1S/C11H12BrN3O2S/c1-3-4-14-10(16)7(6-13)5-8-9(12)11(17-2)15-18-8/h5H,3-4H2,1-2H3,(H,14,16)/b7-5+. The van der Waals surface area contributed by atoms with Crippen molar-refractivity contribution >= 4 is 39.4 Å². The first-order valence-corrected chi connectivity index (χ1v) is 6.79. The van der Waals surface area contributed by atoms with Crippen molar-refractivity contribution in [1.29, 1.82) is 5.26 Å². The van der Waals surface area contributed by atoms with E-state index in [0.717, 1.165) is 18.0 Å². The molecule has 18 heavy (non-hydrogen) atoms. The highest BCUT2D eigenvalue weighted by Gasteiger charge is 2.13. The number of nitriles is 1. The van der Waals surface area contributed by atoms with Crippen LogP contribution in [0.2, 0.25) is 0 Å². The number of methoxy groups -OCH3 is 1. The zero-order valence-corrected chi connectivity index (χ0v) is 12.4. The van der Waals surface area contributed by atoms with Gasteiger partial charge in [-0.15, -0.1) is 0 Å². The number of nitrogens with one attached hydrogen (secondary N) is 1. The third-order valence-corrected chi connectivity index (χ3v) is 3.81. The molecule has 1 aromatic rings. The Morgan fingerprint density at radius 3 is 2.94 bits per heavy atom. The van der Waals surface area contributed by atoms with E-state index >= 15 is 0 Å². The van der Waals surface area contributed by atoms with Crippen molar-refractivity contribution in [3.63, 3.8) is 0 Å². The fourth-order valence-electron chi connectivity index (χ4n) is 1.11. The van der Waals surface area contributed by atoms with Gasteiger partial charge in [0.1, 0.15) is 11.6 Å². The molecule has 0 saturated carbocycles. The van der Waals surface area contributed by atoms with Crippen molar-refractivity contribution in [1.82, 2.24) is 9.69 Å². The zero-order valence-electron chi connectivity index (χ0n) is 9.99. The first kappa shape index (κ1) is 14.7. The molecule has 1 amide bonds. The first-order chi connectivity index (χ1) is 8.63. The molecule has 0 aliphatic rings. The number of halogens is 1. The predicted octanol–water partition coefficient (Wildman–Crippen LogP) is 2.35. The number of carbonyl (C=O) groups is 1. The highest BCUT2D eigenvalue weighted by molar-refractivity contribution is 9.10. The molecular formula is C11H12BrN3O2S. The van der Waals surface area contributed by atoms with Crippen LogP contribution in [0.3, 0.4) is 0 Å². The SMILES string of the molecule is CCCNC(=O)/C(C#N)=C/c1snc(OC)c1Br. The molecule has 0 aromatic carbocycles. The van der Waals surface area contributed by atoms with Crippen LogP contribution in [0.5, 0.6) is 5.88 Å². The van der Waals surface area contributed by atoms with Crippen molar-refractivity contribution in [2.24, 2.45) is 0 Å². The Hall–Kier alpha value is -1.39. The average molecular weight is 330 g/mol. The smallest absolute Gasteiger partial charge is 0.261 e. The summed E-state index contributed by atoms with van der Waals surface area (Å²) in [5.41, 5.74) is 0.0513. The third-order valence-electron chi connectivity index (χ3n) is 2.00. The molecule has 96 valence electrons. The van der Waals surface area contributed by atoms with Gasteiger partial charge in [-0.2, -0.15) is 9.64 Å². The minimum Gasteiger partial charge on any atom is -0.480 e. The van der Waals surface area contributed by atoms with Crippen molar-refractivity contribution in [3.05, 3.63) is 14.9 Å². The van der Waals surface area contributed by atoms with Crippen molar-refractivity contribution < 1.29 is 9.53 Å². The summed E-state index contributed by atoms with van der Waals surface area (Å²) in [5, 5.41) is 11.6. The summed E-state index contributed by atoms with van der Waals surface area (Å²) < 4.78 is 9.68. The van der Waals surface area contributed by atoms with Gasteiger partial charge in [0.05, 0.1) is 16.5 Å². The number of rotatable bonds is 5. The Kier molecular flexibility index (Phi) is 5.82. The summed E-state index contributed by atoms with van der Waals surface area (Å²) in [7, 11) is 1.51. The predicted molar refractivity (Wildman–Crippen MR) is 73.3 cm³/mol. The summed E-state index contributed by atoms with van der Waals surface area (Å²) in [5.74, 6) is 0.0659. The maximum atomic E-state index is 11.7. The number of ether oxygens (including phenoxy) is 1. The Labute approximate surface area is 118 Å². The molecule has 1 N–H and O–H groups in total. The van der Waals surface area contributed by atoms with Gasteiger partial charge >= 0.3 is 0 Å². The minimum absolute atomic E-state index is 0.0513. The van der Waals surface area contributed by atoms with E-state index in [9.17, 15) is 4.79 Å². The number of aromatic nitrogens is 1. The van der Waals surface area contributed by atoms with Crippen LogP contribution < -0.4 is 10.1 Å². The Balaban J connectivity index is 2.94. The van der Waals surface area contributed by atoms with Gasteiger partial charge in [0.2, 0.25) is 5.88 Å². The molecule has 0 aliphatic heterocycles. The zero-order chi connectivity index (χ0) is 13.5. The van der Waals surface area contributed by atoms with Gasteiger partial charge in [0.15, 0.2) is 0 Å². The number of hydrogen-bond donors (Lipinski definition) is 1. The second-order valence-electron chi connectivity index (χ2n) is 3.30. The minimum atomic E-state index is -0.376. The fourth-order valence-corrected chi connectivity index (χ4v) is 2.49. The van der Waals surface area contributed by atoms with Gasteiger partial charge in [-0.1, -0.05) is 6.92 Å². The molecule has 0 radical (unpaired) electrons.